The van der Waals surface area contributed by atoms with Gasteiger partial charge >= 0.3 is 0 Å². The average Bonchev–Trinajstić information content (AvgIpc) is 2.57. The molecule has 1 N–H and O–H groups in total. The molecule has 0 aliphatic heterocycles. The van der Waals surface area contributed by atoms with E-state index in [2.05, 4.69) is 13.8 Å². The molecule has 1 saturated carbocycles. The fourth-order valence-electron chi connectivity index (χ4n) is 2.33. The number of para-hydroxylation sites is 2. The van der Waals surface area contributed by atoms with E-state index in [0.29, 0.717) is 11.5 Å². The minimum Gasteiger partial charge on any atom is -0.493 e. The molecule has 0 bridgehead atoms. The summed E-state index contributed by atoms with van der Waals surface area (Å²) < 4.78 is 11.1. The molecule has 0 radical (unpaired) electrons. The van der Waals surface area contributed by atoms with E-state index in [1.807, 2.05) is 24.3 Å². The maximum Gasteiger partial charge on any atom is 0.161 e. The van der Waals surface area contributed by atoms with E-state index in [4.69, 9.17) is 9.47 Å². The van der Waals surface area contributed by atoms with Crippen LogP contribution in [0.15, 0.2) is 24.3 Å². The molecule has 0 saturated heterocycles. The van der Waals surface area contributed by atoms with Crippen molar-refractivity contribution in [2.24, 2.45) is 5.41 Å². The van der Waals surface area contributed by atoms with E-state index in [9.17, 15) is 5.11 Å². The van der Waals surface area contributed by atoms with Crippen LogP contribution < -0.4 is 9.47 Å². The standard InChI is InChI=1S/C14H20O3/c1-14(2)9-8-12(13(14)15)17-11-7-5-4-6-10(11)16-3/h4-7,12-13,15H,8-9H2,1-3H3. The molecule has 1 fully saturated rings. The zero-order valence-electron chi connectivity index (χ0n) is 10.6. The molecule has 1 aromatic carbocycles. The lowest BCUT2D eigenvalue weighted by Crippen LogP contribution is -2.34. The quantitative estimate of drug-likeness (QED) is 0.876. The first-order valence-electron chi connectivity index (χ1n) is 6.02. The molecular weight excluding hydrogens is 216 g/mol. The van der Waals surface area contributed by atoms with Crippen LogP contribution in [0.2, 0.25) is 0 Å². The van der Waals surface area contributed by atoms with Crippen LogP contribution in [0.25, 0.3) is 0 Å². The third-order valence-electron chi connectivity index (χ3n) is 3.57. The molecule has 94 valence electrons. The van der Waals surface area contributed by atoms with E-state index >= 15 is 0 Å². The van der Waals surface area contributed by atoms with Crippen molar-refractivity contribution in [3.8, 4) is 11.5 Å². The van der Waals surface area contributed by atoms with Gasteiger partial charge in [0.1, 0.15) is 6.10 Å². The van der Waals surface area contributed by atoms with Gasteiger partial charge in [-0.3, -0.25) is 0 Å². The van der Waals surface area contributed by atoms with E-state index in [-0.39, 0.29) is 11.5 Å². The summed E-state index contributed by atoms with van der Waals surface area (Å²) >= 11 is 0. The number of hydrogen-bond donors (Lipinski definition) is 1. The summed E-state index contributed by atoms with van der Waals surface area (Å²) in [5.74, 6) is 1.42. The Kier molecular flexibility index (Phi) is 3.29. The van der Waals surface area contributed by atoms with Crippen LogP contribution in [0.5, 0.6) is 11.5 Å². The van der Waals surface area contributed by atoms with E-state index in [1.165, 1.54) is 0 Å². The fourth-order valence-corrected chi connectivity index (χ4v) is 2.33. The molecule has 3 heteroatoms. The minimum atomic E-state index is -0.424. The topological polar surface area (TPSA) is 38.7 Å². The average molecular weight is 236 g/mol. The first-order chi connectivity index (χ1) is 8.04. The highest BCUT2D eigenvalue weighted by Crippen LogP contribution is 2.40. The zero-order valence-corrected chi connectivity index (χ0v) is 10.6. The van der Waals surface area contributed by atoms with E-state index < -0.39 is 6.10 Å². The maximum atomic E-state index is 10.2. The van der Waals surface area contributed by atoms with Crippen LogP contribution in [0, 0.1) is 5.41 Å². The smallest absolute Gasteiger partial charge is 0.161 e. The molecule has 0 spiro atoms. The summed E-state index contributed by atoms with van der Waals surface area (Å²) in [6.45, 7) is 4.15. The summed E-state index contributed by atoms with van der Waals surface area (Å²) in [5, 5.41) is 10.2. The summed E-state index contributed by atoms with van der Waals surface area (Å²) in [7, 11) is 1.62. The van der Waals surface area contributed by atoms with Gasteiger partial charge in [0.15, 0.2) is 11.5 Å². The first kappa shape index (κ1) is 12.2. The van der Waals surface area contributed by atoms with Crippen LogP contribution in [0.1, 0.15) is 26.7 Å². The number of methoxy groups -OCH3 is 1. The van der Waals surface area contributed by atoms with Crippen LogP contribution in [-0.2, 0) is 0 Å². The van der Waals surface area contributed by atoms with Crippen molar-refractivity contribution in [2.45, 2.75) is 38.9 Å². The second kappa shape index (κ2) is 4.57. The normalized spacial score (nSPS) is 26.8. The first-order valence-corrected chi connectivity index (χ1v) is 6.02. The molecule has 1 aliphatic carbocycles. The molecule has 2 atom stereocenters. The van der Waals surface area contributed by atoms with Crippen LogP contribution in [0.3, 0.4) is 0 Å². The minimum absolute atomic E-state index is 0.0628. The second-order valence-corrected chi connectivity index (χ2v) is 5.28. The molecule has 1 aromatic rings. The SMILES string of the molecule is COc1ccccc1OC1CCC(C)(C)C1O. The van der Waals surface area contributed by atoms with Gasteiger partial charge in [-0.25, -0.2) is 0 Å². The second-order valence-electron chi connectivity index (χ2n) is 5.28. The van der Waals surface area contributed by atoms with Crippen LogP contribution >= 0.6 is 0 Å². The number of aliphatic hydroxyl groups is 1. The Hall–Kier alpha value is -1.22. The number of ether oxygens (including phenoxy) is 2. The molecule has 3 nitrogen and oxygen atoms in total. The lowest BCUT2D eigenvalue weighted by molar-refractivity contribution is 0.00404. The highest BCUT2D eigenvalue weighted by Gasteiger charge is 2.42. The predicted molar refractivity (Wildman–Crippen MR) is 66.4 cm³/mol. The largest absolute Gasteiger partial charge is 0.493 e. The van der Waals surface area contributed by atoms with Crippen molar-refractivity contribution >= 4 is 0 Å². The van der Waals surface area contributed by atoms with Gasteiger partial charge in [0.25, 0.3) is 0 Å². The lowest BCUT2D eigenvalue weighted by atomic mass is 9.89. The summed E-state index contributed by atoms with van der Waals surface area (Å²) in [6.07, 6.45) is 1.30. The van der Waals surface area contributed by atoms with Gasteiger partial charge < -0.3 is 14.6 Å². The van der Waals surface area contributed by atoms with Crippen molar-refractivity contribution in [1.29, 1.82) is 0 Å². The summed E-state index contributed by atoms with van der Waals surface area (Å²) in [5.41, 5.74) is -0.0628. The van der Waals surface area contributed by atoms with Gasteiger partial charge in [0.2, 0.25) is 0 Å². The maximum absolute atomic E-state index is 10.2. The lowest BCUT2D eigenvalue weighted by Gasteiger charge is -2.26. The Bertz CT molecular complexity index is 387. The van der Waals surface area contributed by atoms with Crippen molar-refractivity contribution in [1.82, 2.24) is 0 Å². The molecule has 0 amide bonds. The number of hydrogen-bond acceptors (Lipinski definition) is 3. The zero-order chi connectivity index (χ0) is 12.5. The van der Waals surface area contributed by atoms with Gasteiger partial charge in [0.05, 0.1) is 13.2 Å². The monoisotopic (exact) mass is 236 g/mol. The summed E-state index contributed by atoms with van der Waals surface area (Å²) in [4.78, 5) is 0. The van der Waals surface area contributed by atoms with Crippen LogP contribution in [0.4, 0.5) is 0 Å². The molecule has 2 unspecified atom stereocenters. The van der Waals surface area contributed by atoms with Gasteiger partial charge in [-0.15, -0.1) is 0 Å². The molecule has 0 heterocycles. The van der Waals surface area contributed by atoms with Gasteiger partial charge in [-0.2, -0.15) is 0 Å². The third kappa shape index (κ3) is 2.39. The Morgan fingerprint density at radius 3 is 2.41 bits per heavy atom. The number of benzene rings is 1. The van der Waals surface area contributed by atoms with Gasteiger partial charge in [-0.05, 0) is 30.4 Å². The molecule has 2 rings (SSSR count). The fraction of sp³-hybridized carbons (Fsp3) is 0.571. The Morgan fingerprint density at radius 2 is 1.88 bits per heavy atom. The molecule has 17 heavy (non-hydrogen) atoms. The van der Waals surface area contributed by atoms with Crippen LogP contribution in [-0.4, -0.2) is 24.4 Å². The number of aliphatic hydroxyl groups excluding tert-OH is 1. The number of rotatable bonds is 3. The summed E-state index contributed by atoms with van der Waals surface area (Å²) in [6, 6.07) is 7.55. The molecule has 0 aromatic heterocycles. The Labute approximate surface area is 102 Å². The van der Waals surface area contributed by atoms with Gasteiger partial charge in [-0.1, -0.05) is 26.0 Å². The highest BCUT2D eigenvalue weighted by atomic mass is 16.5. The molecule has 1 aliphatic rings. The third-order valence-corrected chi connectivity index (χ3v) is 3.57. The van der Waals surface area contributed by atoms with E-state index in [1.54, 1.807) is 7.11 Å². The molecular formula is C14H20O3. The van der Waals surface area contributed by atoms with Crippen molar-refractivity contribution in [3.05, 3.63) is 24.3 Å². The highest BCUT2D eigenvalue weighted by molar-refractivity contribution is 5.39. The van der Waals surface area contributed by atoms with Crippen molar-refractivity contribution in [2.75, 3.05) is 7.11 Å². The Balaban J connectivity index is 2.12. The van der Waals surface area contributed by atoms with Crippen molar-refractivity contribution < 1.29 is 14.6 Å². The van der Waals surface area contributed by atoms with Crippen molar-refractivity contribution in [3.63, 3.8) is 0 Å². The van der Waals surface area contributed by atoms with Gasteiger partial charge in [0, 0.05) is 0 Å². The predicted octanol–water partition coefficient (Wildman–Crippen LogP) is 2.62. The Morgan fingerprint density at radius 1 is 1.24 bits per heavy atom. The van der Waals surface area contributed by atoms with E-state index in [0.717, 1.165) is 12.8 Å².